The first kappa shape index (κ1) is 12.2. The Morgan fingerprint density at radius 3 is 2.47 bits per heavy atom. The van der Waals surface area contributed by atoms with Crippen molar-refractivity contribution >= 4 is 11.8 Å². The zero-order valence-corrected chi connectivity index (χ0v) is 10.8. The number of fused-ring (bicyclic) bond motifs is 2. The van der Waals surface area contributed by atoms with Crippen LogP contribution in [0.15, 0.2) is 42.5 Å². The fourth-order valence-electron chi connectivity index (χ4n) is 3.55. The van der Waals surface area contributed by atoms with Crippen molar-refractivity contribution in [3.05, 3.63) is 48.0 Å². The van der Waals surface area contributed by atoms with Gasteiger partial charge in [-0.25, -0.2) is 4.79 Å². The standard InChI is InChI=1S/C16H16O3/c1-19-16(18)15(17)14-12-8-7-11(9-12)13(14)10-5-3-2-4-6-10/h2-8,11-14H,9H2,1H3/t11?,12?,13-,14-/m0/s1. The number of Topliss-reactive ketones (excluding diaryl/α,β-unsaturated/α-hetero) is 1. The number of carbonyl (C=O) groups excluding carboxylic acids is 2. The molecule has 2 unspecified atom stereocenters. The number of methoxy groups -OCH3 is 1. The van der Waals surface area contributed by atoms with Gasteiger partial charge in [-0.1, -0.05) is 42.5 Å². The number of hydrogen-bond acceptors (Lipinski definition) is 3. The fourth-order valence-corrected chi connectivity index (χ4v) is 3.55. The van der Waals surface area contributed by atoms with E-state index in [-0.39, 0.29) is 23.5 Å². The van der Waals surface area contributed by atoms with Crippen molar-refractivity contribution in [1.29, 1.82) is 0 Å². The van der Waals surface area contributed by atoms with Gasteiger partial charge in [0.05, 0.1) is 7.11 Å². The molecule has 0 heterocycles. The lowest BCUT2D eigenvalue weighted by Crippen LogP contribution is -2.32. The minimum atomic E-state index is -0.716. The summed E-state index contributed by atoms with van der Waals surface area (Å²) in [6.45, 7) is 0. The number of rotatable bonds is 3. The maximum Gasteiger partial charge on any atom is 0.374 e. The van der Waals surface area contributed by atoms with Crippen LogP contribution in [0, 0.1) is 17.8 Å². The van der Waals surface area contributed by atoms with Gasteiger partial charge in [-0.15, -0.1) is 0 Å². The molecule has 1 fully saturated rings. The van der Waals surface area contributed by atoms with Crippen molar-refractivity contribution in [1.82, 2.24) is 0 Å². The van der Waals surface area contributed by atoms with Crippen LogP contribution in [0.4, 0.5) is 0 Å². The van der Waals surface area contributed by atoms with Gasteiger partial charge < -0.3 is 4.74 Å². The quantitative estimate of drug-likeness (QED) is 0.473. The van der Waals surface area contributed by atoms with Gasteiger partial charge in [0.1, 0.15) is 0 Å². The maximum atomic E-state index is 12.2. The van der Waals surface area contributed by atoms with Gasteiger partial charge >= 0.3 is 5.97 Å². The molecule has 3 rings (SSSR count). The molecule has 0 amide bonds. The maximum absolute atomic E-state index is 12.2. The molecule has 1 aromatic rings. The molecule has 0 N–H and O–H groups in total. The highest BCUT2D eigenvalue weighted by molar-refractivity contribution is 6.34. The van der Waals surface area contributed by atoms with E-state index in [1.54, 1.807) is 0 Å². The molecule has 0 aromatic heterocycles. The van der Waals surface area contributed by atoms with Crippen molar-refractivity contribution in [2.75, 3.05) is 7.11 Å². The molecule has 2 aliphatic carbocycles. The first-order chi connectivity index (χ1) is 9.22. The van der Waals surface area contributed by atoms with Gasteiger partial charge in [-0.3, -0.25) is 4.79 Å². The predicted octanol–water partition coefficient (Wildman–Crippen LogP) is 2.33. The Balaban J connectivity index is 1.96. The fraction of sp³-hybridized carbons (Fsp3) is 0.375. The Bertz CT molecular complexity index is 532. The van der Waals surface area contributed by atoms with Crippen LogP contribution in [0.25, 0.3) is 0 Å². The first-order valence-corrected chi connectivity index (χ1v) is 6.58. The second-order valence-corrected chi connectivity index (χ2v) is 5.27. The Morgan fingerprint density at radius 1 is 1.11 bits per heavy atom. The van der Waals surface area contributed by atoms with E-state index >= 15 is 0 Å². The molecule has 2 aliphatic rings. The molecule has 1 saturated carbocycles. The number of hydrogen-bond donors (Lipinski definition) is 0. The van der Waals surface area contributed by atoms with Gasteiger partial charge in [0.15, 0.2) is 0 Å². The zero-order valence-electron chi connectivity index (χ0n) is 10.8. The van der Waals surface area contributed by atoms with Gasteiger partial charge in [0.2, 0.25) is 5.78 Å². The highest BCUT2D eigenvalue weighted by Gasteiger charge is 2.50. The van der Waals surface area contributed by atoms with E-state index in [4.69, 9.17) is 0 Å². The van der Waals surface area contributed by atoms with Crippen LogP contribution in [0.3, 0.4) is 0 Å². The van der Waals surface area contributed by atoms with Gasteiger partial charge in [0.25, 0.3) is 0 Å². The lowest BCUT2D eigenvalue weighted by Gasteiger charge is -2.26. The number of carbonyl (C=O) groups is 2. The van der Waals surface area contributed by atoms with Crippen LogP contribution < -0.4 is 0 Å². The molecule has 19 heavy (non-hydrogen) atoms. The molecule has 1 aromatic carbocycles. The lowest BCUT2D eigenvalue weighted by atomic mass is 9.76. The minimum Gasteiger partial charge on any atom is -0.463 e. The topological polar surface area (TPSA) is 43.4 Å². The second kappa shape index (κ2) is 4.65. The van der Waals surface area contributed by atoms with Crippen molar-refractivity contribution < 1.29 is 14.3 Å². The van der Waals surface area contributed by atoms with Crippen LogP contribution in [-0.2, 0) is 14.3 Å². The Kier molecular flexibility index (Phi) is 2.97. The summed E-state index contributed by atoms with van der Waals surface area (Å²) in [4.78, 5) is 23.8. The molecule has 0 aliphatic heterocycles. The number of allylic oxidation sites excluding steroid dienone is 2. The number of esters is 1. The second-order valence-electron chi connectivity index (χ2n) is 5.27. The van der Waals surface area contributed by atoms with Crippen molar-refractivity contribution in [3.63, 3.8) is 0 Å². The summed E-state index contributed by atoms with van der Waals surface area (Å²) in [5.74, 6) is -0.694. The van der Waals surface area contributed by atoms with Gasteiger partial charge in [-0.2, -0.15) is 0 Å². The first-order valence-electron chi connectivity index (χ1n) is 6.58. The van der Waals surface area contributed by atoms with E-state index in [1.165, 1.54) is 7.11 Å². The zero-order chi connectivity index (χ0) is 13.4. The molecule has 0 saturated heterocycles. The minimum absolute atomic E-state index is 0.114. The van der Waals surface area contributed by atoms with Gasteiger partial charge in [0, 0.05) is 11.8 Å². The van der Waals surface area contributed by atoms with Crippen LogP contribution in [0.5, 0.6) is 0 Å². The summed E-state index contributed by atoms with van der Waals surface area (Å²) in [6, 6.07) is 9.99. The molecule has 98 valence electrons. The van der Waals surface area contributed by atoms with Crippen molar-refractivity contribution in [3.8, 4) is 0 Å². The molecule has 0 radical (unpaired) electrons. The van der Waals surface area contributed by atoms with Crippen LogP contribution in [0.1, 0.15) is 17.9 Å². The summed E-state index contributed by atoms with van der Waals surface area (Å²) >= 11 is 0. The Morgan fingerprint density at radius 2 is 1.79 bits per heavy atom. The average molecular weight is 256 g/mol. The third-order valence-electron chi connectivity index (χ3n) is 4.33. The van der Waals surface area contributed by atoms with E-state index in [1.807, 2.05) is 30.3 Å². The largest absolute Gasteiger partial charge is 0.463 e. The van der Waals surface area contributed by atoms with Gasteiger partial charge in [-0.05, 0) is 23.8 Å². The molecular weight excluding hydrogens is 240 g/mol. The van der Waals surface area contributed by atoms with E-state index in [9.17, 15) is 9.59 Å². The van der Waals surface area contributed by atoms with Crippen LogP contribution >= 0.6 is 0 Å². The molecule has 3 nitrogen and oxygen atoms in total. The average Bonchev–Trinajstić information content (AvgIpc) is 3.07. The summed E-state index contributed by atoms with van der Waals surface area (Å²) in [5, 5.41) is 0. The predicted molar refractivity (Wildman–Crippen MR) is 70.4 cm³/mol. The van der Waals surface area contributed by atoms with Crippen molar-refractivity contribution in [2.24, 2.45) is 17.8 Å². The smallest absolute Gasteiger partial charge is 0.374 e. The molecular formula is C16H16O3. The van der Waals surface area contributed by atoms with E-state index in [2.05, 4.69) is 16.9 Å². The number of ketones is 1. The highest BCUT2D eigenvalue weighted by Crippen LogP contribution is 2.53. The summed E-state index contributed by atoms with van der Waals surface area (Å²) in [6.07, 6.45) is 5.23. The summed E-state index contributed by atoms with van der Waals surface area (Å²) in [5.41, 5.74) is 1.14. The Hall–Kier alpha value is -1.90. The number of ether oxygens (including phenoxy) is 1. The molecule has 2 bridgehead atoms. The third-order valence-corrected chi connectivity index (χ3v) is 4.33. The third kappa shape index (κ3) is 1.89. The van der Waals surface area contributed by atoms with E-state index in [0.717, 1.165) is 12.0 Å². The summed E-state index contributed by atoms with van der Waals surface area (Å²) in [7, 11) is 1.26. The SMILES string of the molecule is COC(=O)C(=O)[C@H]1C2C=CC(C2)[C@@H]1c1ccccc1. The van der Waals surface area contributed by atoms with E-state index in [0.29, 0.717) is 5.92 Å². The Labute approximate surface area is 112 Å². The lowest BCUT2D eigenvalue weighted by molar-refractivity contribution is -0.154. The highest BCUT2D eigenvalue weighted by atomic mass is 16.5. The van der Waals surface area contributed by atoms with Crippen LogP contribution in [-0.4, -0.2) is 18.9 Å². The molecule has 3 heteroatoms. The summed E-state index contributed by atoms with van der Waals surface area (Å²) < 4.78 is 4.60. The number of benzene rings is 1. The van der Waals surface area contributed by atoms with Crippen molar-refractivity contribution in [2.45, 2.75) is 12.3 Å². The molecule has 0 spiro atoms. The normalized spacial score (nSPS) is 31.4. The molecule has 4 atom stereocenters. The monoisotopic (exact) mass is 256 g/mol. The van der Waals surface area contributed by atoms with E-state index < -0.39 is 5.97 Å². The van der Waals surface area contributed by atoms with Crippen LogP contribution in [0.2, 0.25) is 0 Å².